The van der Waals surface area contributed by atoms with Crippen LogP contribution in [0.1, 0.15) is 43.6 Å². The van der Waals surface area contributed by atoms with Gasteiger partial charge in [0.1, 0.15) is 5.70 Å². The predicted octanol–water partition coefficient (Wildman–Crippen LogP) is 3.97. The number of nitrogens with one attached hydrogen (secondary N) is 1. The number of para-hydroxylation sites is 1. The van der Waals surface area contributed by atoms with Crippen LogP contribution >= 0.6 is 39.0 Å². The number of amidine groups is 1. The Morgan fingerprint density at radius 3 is 2.86 bits per heavy atom. The molecule has 4 rings (SSSR count). The Bertz CT molecular complexity index is 1030. The van der Waals surface area contributed by atoms with Crippen LogP contribution in [0, 0.1) is 0 Å². The van der Waals surface area contributed by atoms with E-state index in [9.17, 15) is 4.79 Å². The number of thioether (sulfide) groups is 1. The van der Waals surface area contributed by atoms with Crippen LogP contribution in [0.2, 0.25) is 0 Å². The molecule has 1 amide bonds. The van der Waals surface area contributed by atoms with Crippen molar-refractivity contribution in [2.45, 2.75) is 38.8 Å². The number of unbranched alkanes of at least 4 members (excludes halogenated alkanes) is 3. The molecule has 8 heteroatoms. The first-order valence-corrected chi connectivity index (χ1v) is 12.0. The highest BCUT2D eigenvalue weighted by atomic mass is 79.9. The molecule has 146 valence electrons. The van der Waals surface area contributed by atoms with Crippen molar-refractivity contribution in [3.63, 3.8) is 0 Å². The molecule has 0 unspecified atom stereocenters. The third-order valence-corrected chi connectivity index (χ3v) is 7.21. The summed E-state index contributed by atoms with van der Waals surface area (Å²) in [6.45, 7) is 2.21. The fraction of sp³-hybridized carbons (Fsp3) is 0.350. The van der Waals surface area contributed by atoms with E-state index in [2.05, 4.69) is 28.2 Å². The van der Waals surface area contributed by atoms with Crippen molar-refractivity contribution < 1.29 is 4.79 Å². The van der Waals surface area contributed by atoms with Crippen LogP contribution < -0.4 is 15.9 Å². The van der Waals surface area contributed by atoms with Crippen molar-refractivity contribution in [2.75, 3.05) is 5.75 Å². The Balaban J connectivity index is 1.69. The summed E-state index contributed by atoms with van der Waals surface area (Å²) in [5.74, 6) is 0.833. The summed E-state index contributed by atoms with van der Waals surface area (Å²) >= 11 is 6.75. The number of hydrazone groups is 1. The summed E-state index contributed by atoms with van der Waals surface area (Å²) in [5.41, 5.74) is 0.565. The van der Waals surface area contributed by atoms with Crippen LogP contribution in [-0.2, 0) is 4.79 Å². The fourth-order valence-electron chi connectivity index (χ4n) is 3.24. The quantitative estimate of drug-likeness (QED) is 0.641. The van der Waals surface area contributed by atoms with Gasteiger partial charge in [-0.2, -0.15) is 0 Å². The van der Waals surface area contributed by atoms with E-state index < -0.39 is 0 Å². The van der Waals surface area contributed by atoms with Crippen LogP contribution in [-0.4, -0.2) is 21.8 Å². The highest BCUT2D eigenvalue weighted by Gasteiger charge is 2.34. The van der Waals surface area contributed by atoms with Crippen molar-refractivity contribution in [2.24, 2.45) is 10.1 Å². The summed E-state index contributed by atoms with van der Waals surface area (Å²) < 4.78 is 1.04. The smallest absolute Gasteiger partial charge is 0.276 e. The molecule has 5 nitrogen and oxygen atoms in total. The van der Waals surface area contributed by atoms with Crippen molar-refractivity contribution >= 4 is 55.8 Å². The Labute approximate surface area is 180 Å². The zero-order chi connectivity index (χ0) is 19.5. The number of thiophene rings is 1. The van der Waals surface area contributed by atoms with E-state index in [1.165, 1.54) is 19.3 Å². The second-order valence-electron chi connectivity index (χ2n) is 6.62. The van der Waals surface area contributed by atoms with Crippen molar-refractivity contribution in [1.82, 2.24) is 10.3 Å². The second kappa shape index (κ2) is 8.80. The highest BCUT2D eigenvalue weighted by Crippen LogP contribution is 2.35. The number of carbonyl (C=O) groups is 1. The molecule has 2 aliphatic heterocycles. The zero-order valence-corrected chi connectivity index (χ0v) is 18.7. The van der Waals surface area contributed by atoms with Gasteiger partial charge in [-0.3, -0.25) is 15.1 Å². The SMILES string of the molecule is CCCCCCSC1=NN2C(=c3ccccc3=N[C@H]2c2ccc(Br)s2)C(=O)N1. The third-order valence-electron chi connectivity index (χ3n) is 4.60. The molecule has 2 aliphatic rings. The van der Waals surface area contributed by atoms with Crippen LogP contribution in [0.4, 0.5) is 0 Å². The number of fused-ring (bicyclic) bond motifs is 2. The summed E-state index contributed by atoms with van der Waals surface area (Å²) in [5, 5.41) is 11.8. The van der Waals surface area contributed by atoms with Gasteiger partial charge in [0.2, 0.25) is 0 Å². The molecule has 0 spiro atoms. The molecule has 1 atom stereocenters. The van der Waals surface area contributed by atoms with Crippen LogP contribution in [0.5, 0.6) is 0 Å². The number of benzene rings is 1. The monoisotopic (exact) mass is 476 g/mol. The maximum atomic E-state index is 13.0. The minimum Gasteiger partial charge on any atom is -0.298 e. The largest absolute Gasteiger partial charge is 0.298 e. The van der Waals surface area contributed by atoms with Crippen LogP contribution in [0.25, 0.3) is 5.70 Å². The average molecular weight is 477 g/mol. The number of hydrogen-bond acceptors (Lipinski definition) is 6. The van der Waals surface area contributed by atoms with Gasteiger partial charge < -0.3 is 0 Å². The van der Waals surface area contributed by atoms with Gasteiger partial charge in [-0.25, -0.2) is 5.01 Å². The first-order valence-electron chi connectivity index (χ1n) is 9.42. The van der Waals surface area contributed by atoms with E-state index >= 15 is 0 Å². The van der Waals surface area contributed by atoms with Crippen molar-refractivity contribution in [1.29, 1.82) is 0 Å². The van der Waals surface area contributed by atoms with Gasteiger partial charge in [0.25, 0.3) is 5.91 Å². The molecular weight excluding hydrogens is 456 g/mol. The van der Waals surface area contributed by atoms with E-state index in [1.807, 2.05) is 36.4 Å². The van der Waals surface area contributed by atoms with E-state index in [1.54, 1.807) is 28.1 Å². The first-order chi connectivity index (χ1) is 13.7. The maximum absolute atomic E-state index is 13.0. The molecule has 1 aromatic heterocycles. The number of hydrogen-bond donors (Lipinski definition) is 1. The Hall–Kier alpha value is -1.64. The second-order valence-corrected chi connectivity index (χ2v) is 10.2. The number of nitrogens with zero attached hydrogens (tertiary/aromatic N) is 3. The topological polar surface area (TPSA) is 57.1 Å². The van der Waals surface area contributed by atoms with Gasteiger partial charge in [0, 0.05) is 11.0 Å². The molecule has 28 heavy (non-hydrogen) atoms. The number of amides is 1. The highest BCUT2D eigenvalue weighted by molar-refractivity contribution is 9.11. The summed E-state index contributed by atoms with van der Waals surface area (Å²) in [6.07, 6.45) is 4.46. The molecule has 0 fully saturated rings. The number of halogens is 1. The van der Waals surface area contributed by atoms with E-state index in [0.29, 0.717) is 10.9 Å². The molecule has 1 N–H and O–H groups in total. The summed E-state index contributed by atoms with van der Waals surface area (Å²) in [4.78, 5) is 18.9. The fourth-order valence-corrected chi connectivity index (χ4v) is 5.54. The average Bonchev–Trinajstić information content (AvgIpc) is 3.13. The normalized spacial score (nSPS) is 18.1. The zero-order valence-electron chi connectivity index (χ0n) is 15.5. The molecule has 3 heterocycles. The Morgan fingerprint density at radius 1 is 1.21 bits per heavy atom. The lowest BCUT2D eigenvalue weighted by molar-refractivity contribution is -0.116. The van der Waals surface area contributed by atoms with E-state index in [0.717, 1.165) is 31.4 Å². The standard InChI is InChI=1S/C20H21BrN4OS2/c1-2-3-4-7-12-27-20-23-19(26)17-13-8-5-6-9-14(13)22-18(25(17)24-20)15-10-11-16(21)28-15/h5-6,8-11,18H,2-4,7,12H2,1H3,(H,23,24,26)/t18-/m1/s1. The predicted molar refractivity (Wildman–Crippen MR) is 119 cm³/mol. The van der Waals surface area contributed by atoms with Crippen LogP contribution in [0.15, 0.2) is 50.3 Å². The van der Waals surface area contributed by atoms with Gasteiger partial charge in [-0.05, 0) is 40.5 Å². The molecule has 0 radical (unpaired) electrons. The first kappa shape index (κ1) is 19.7. The summed E-state index contributed by atoms with van der Waals surface area (Å²) in [7, 11) is 0. The van der Waals surface area contributed by atoms with Gasteiger partial charge in [-0.1, -0.05) is 56.1 Å². The van der Waals surface area contributed by atoms with Crippen molar-refractivity contribution in [3.8, 4) is 0 Å². The maximum Gasteiger partial charge on any atom is 0.276 e. The lowest BCUT2D eigenvalue weighted by Crippen LogP contribution is -2.50. The molecule has 2 aromatic rings. The van der Waals surface area contributed by atoms with Crippen molar-refractivity contribution in [3.05, 3.63) is 55.6 Å². The molecule has 1 aromatic carbocycles. The molecule has 0 bridgehead atoms. The Morgan fingerprint density at radius 2 is 2.07 bits per heavy atom. The molecule has 0 saturated heterocycles. The lowest BCUT2D eigenvalue weighted by Gasteiger charge is -2.33. The number of rotatable bonds is 6. The van der Waals surface area contributed by atoms with E-state index in [-0.39, 0.29) is 12.1 Å². The van der Waals surface area contributed by atoms with Gasteiger partial charge in [0.15, 0.2) is 11.3 Å². The van der Waals surface area contributed by atoms with Gasteiger partial charge in [-0.15, -0.1) is 16.4 Å². The molecule has 0 saturated carbocycles. The lowest BCUT2D eigenvalue weighted by atomic mass is 10.1. The van der Waals surface area contributed by atoms with E-state index in [4.69, 9.17) is 10.1 Å². The molecule has 0 aliphatic carbocycles. The molecular formula is C20H21BrN4OS2. The Kier molecular flexibility index (Phi) is 6.18. The minimum absolute atomic E-state index is 0.117. The van der Waals surface area contributed by atoms with Gasteiger partial charge in [0.05, 0.1) is 14.0 Å². The third kappa shape index (κ3) is 4.04. The van der Waals surface area contributed by atoms with Gasteiger partial charge >= 0.3 is 0 Å². The van der Waals surface area contributed by atoms with Crippen LogP contribution in [0.3, 0.4) is 0 Å². The number of carbonyl (C=O) groups excluding carboxylic acids is 1. The summed E-state index contributed by atoms with van der Waals surface area (Å²) in [6, 6.07) is 11.8. The minimum atomic E-state index is -0.331.